The number of aromatic nitrogens is 3. The first-order valence-electron chi connectivity index (χ1n) is 6.17. The third-order valence-electron chi connectivity index (χ3n) is 2.53. The fraction of sp³-hybridized carbons (Fsp3) is 0.417. The lowest BCUT2D eigenvalue weighted by molar-refractivity contribution is 0.935. The normalized spacial score (nSPS) is 10.4. The van der Waals surface area contributed by atoms with Crippen molar-refractivity contribution in [3.8, 4) is 0 Å². The zero-order valence-corrected chi connectivity index (χ0v) is 14.0. The molecule has 0 atom stereocenters. The molecule has 2 aromatic rings. The van der Waals surface area contributed by atoms with Gasteiger partial charge in [0.05, 0.1) is 3.79 Å². The van der Waals surface area contributed by atoms with E-state index in [1.165, 1.54) is 4.88 Å². The van der Waals surface area contributed by atoms with Crippen LogP contribution in [-0.4, -0.2) is 42.6 Å². The highest BCUT2D eigenvalue weighted by Gasteiger charge is 2.07. The van der Waals surface area contributed by atoms with Gasteiger partial charge in [-0.25, -0.2) is 0 Å². The van der Waals surface area contributed by atoms with Crippen molar-refractivity contribution < 1.29 is 0 Å². The third-order valence-corrected chi connectivity index (χ3v) is 4.21. The molecule has 2 heterocycles. The average molecular weight is 357 g/mol. The van der Waals surface area contributed by atoms with Crippen LogP contribution in [0, 0.1) is 0 Å². The maximum atomic E-state index is 4.36. The summed E-state index contributed by atoms with van der Waals surface area (Å²) in [6.45, 7) is 0.785. The van der Waals surface area contributed by atoms with Crippen LogP contribution in [0.15, 0.2) is 15.9 Å². The number of hydrogen-bond donors (Lipinski definition) is 2. The number of anilines is 3. The lowest BCUT2D eigenvalue weighted by Crippen LogP contribution is -2.17. The van der Waals surface area contributed by atoms with Gasteiger partial charge in [-0.15, -0.1) is 11.3 Å². The van der Waals surface area contributed by atoms with Gasteiger partial charge in [0, 0.05) is 32.6 Å². The van der Waals surface area contributed by atoms with Crippen molar-refractivity contribution in [2.75, 3.05) is 43.2 Å². The van der Waals surface area contributed by atoms with Crippen molar-refractivity contribution in [1.82, 2.24) is 15.0 Å². The van der Waals surface area contributed by atoms with Crippen LogP contribution in [0.3, 0.4) is 0 Å². The largest absolute Gasteiger partial charge is 0.357 e. The van der Waals surface area contributed by atoms with Gasteiger partial charge in [0.1, 0.15) is 0 Å². The zero-order chi connectivity index (χ0) is 14.5. The molecular formula is C12H17BrN6S. The average Bonchev–Trinajstić information content (AvgIpc) is 2.84. The molecule has 0 aliphatic carbocycles. The Hall–Kier alpha value is -1.41. The standard InChI is InChI=1S/C12H17BrN6S/c1-14-10-16-11(18-12(17-10)19(2)3)15-7-6-8-4-5-9(13)20-8/h4-5H,6-7H2,1-3H3,(H2,14,15,16,17,18). The summed E-state index contributed by atoms with van der Waals surface area (Å²) in [5.41, 5.74) is 0. The van der Waals surface area contributed by atoms with Crippen LogP contribution < -0.4 is 15.5 Å². The molecule has 0 aliphatic rings. The minimum absolute atomic E-state index is 0.560. The predicted octanol–water partition coefficient (Wildman–Crippen LogP) is 2.46. The molecule has 0 unspecified atom stereocenters. The molecule has 0 aromatic carbocycles. The summed E-state index contributed by atoms with van der Waals surface area (Å²) in [6.07, 6.45) is 0.939. The van der Waals surface area contributed by atoms with Gasteiger partial charge in [0.15, 0.2) is 0 Å². The molecule has 8 heteroatoms. The minimum Gasteiger partial charge on any atom is -0.357 e. The van der Waals surface area contributed by atoms with E-state index in [0.717, 1.165) is 16.8 Å². The van der Waals surface area contributed by atoms with Crippen molar-refractivity contribution in [3.05, 3.63) is 20.8 Å². The molecule has 108 valence electrons. The monoisotopic (exact) mass is 356 g/mol. The summed E-state index contributed by atoms with van der Waals surface area (Å²) in [4.78, 5) is 16.1. The van der Waals surface area contributed by atoms with Crippen LogP contribution in [0.2, 0.25) is 0 Å². The van der Waals surface area contributed by atoms with Gasteiger partial charge < -0.3 is 15.5 Å². The lowest BCUT2D eigenvalue weighted by atomic mass is 10.3. The van der Waals surface area contributed by atoms with Gasteiger partial charge >= 0.3 is 0 Å². The van der Waals surface area contributed by atoms with E-state index in [4.69, 9.17) is 0 Å². The Morgan fingerprint density at radius 1 is 1.20 bits per heavy atom. The second-order valence-corrected chi connectivity index (χ2v) is 6.86. The summed E-state index contributed by atoms with van der Waals surface area (Å²) in [5.74, 6) is 1.78. The molecule has 2 rings (SSSR count). The molecule has 0 saturated carbocycles. The van der Waals surface area contributed by atoms with Crippen molar-refractivity contribution in [2.45, 2.75) is 6.42 Å². The predicted molar refractivity (Wildman–Crippen MR) is 87.9 cm³/mol. The van der Waals surface area contributed by atoms with Gasteiger partial charge in [0.2, 0.25) is 17.8 Å². The smallest absolute Gasteiger partial charge is 0.231 e. The Morgan fingerprint density at radius 3 is 2.55 bits per heavy atom. The first-order valence-corrected chi connectivity index (χ1v) is 7.78. The van der Waals surface area contributed by atoms with Crippen LogP contribution in [-0.2, 0) is 6.42 Å². The fourth-order valence-electron chi connectivity index (χ4n) is 1.54. The third kappa shape index (κ3) is 4.04. The molecular weight excluding hydrogens is 340 g/mol. The van der Waals surface area contributed by atoms with E-state index in [-0.39, 0.29) is 0 Å². The van der Waals surface area contributed by atoms with Crippen LogP contribution in [0.25, 0.3) is 0 Å². The van der Waals surface area contributed by atoms with Crippen LogP contribution in [0.4, 0.5) is 17.8 Å². The van der Waals surface area contributed by atoms with Gasteiger partial charge in [-0.2, -0.15) is 15.0 Å². The van der Waals surface area contributed by atoms with E-state index in [0.29, 0.717) is 17.8 Å². The maximum absolute atomic E-state index is 4.36. The summed E-state index contributed by atoms with van der Waals surface area (Å²) in [7, 11) is 5.60. The highest BCUT2D eigenvalue weighted by atomic mass is 79.9. The fourth-order valence-corrected chi connectivity index (χ4v) is 3.02. The van der Waals surface area contributed by atoms with Crippen molar-refractivity contribution >= 4 is 45.1 Å². The van der Waals surface area contributed by atoms with Crippen LogP contribution in [0.1, 0.15) is 4.88 Å². The quantitative estimate of drug-likeness (QED) is 0.828. The molecule has 0 aliphatic heterocycles. The molecule has 0 amide bonds. The van der Waals surface area contributed by atoms with Gasteiger partial charge in [-0.05, 0) is 34.5 Å². The number of rotatable bonds is 6. The Kier molecular flexibility index (Phi) is 5.13. The molecule has 6 nitrogen and oxygen atoms in total. The molecule has 20 heavy (non-hydrogen) atoms. The number of thiophene rings is 1. The summed E-state index contributed by atoms with van der Waals surface area (Å²) >= 11 is 5.21. The first kappa shape index (κ1) is 15.0. The van der Waals surface area contributed by atoms with E-state index < -0.39 is 0 Å². The molecule has 0 fully saturated rings. The van der Waals surface area contributed by atoms with Crippen LogP contribution >= 0.6 is 27.3 Å². The molecule has 2 N–H and O–H groups in total. The molecule has 0 bridgehead atoms. The number of halogens is 1. The van der Waals surface area contributed by atoms with Crippen molar-refractivity contribution in [1.29, 1.82) is 0 Å². The summed E-state index contributed by atoms with van der Waals surface area (Å²) < 4.78 is 1.15. The first-order chi connectivity index (χ1) is 9.58. The Labute approximate surface area is 130 Å². The summed E-state index contributed by atoms with van der Waals surface area (Å²) in [6, 6.07) is 4.18. The Morgan fingerprint density at radius 2 is 1.95 bits per heavy atom. The molecule has 0 saturated heterocycles. The minimum atomic E-state index is 0.560. The molecule has 2 aromatic heterocycles. The van der Waals surface area contributed by atoms with E-state index in [9.17, 15) is 0 Å². The molecule has 0 spiro atoms. The van der Waals surface area contributed by atoms with E-state index >= 15 is 0 Å². The SMILES string of the molecule is CNc1nc(NCCc2ccc(Br)s2)nc(N(C)C)n1. The highest BCUT2D eigenvalue weighted by molar-refractivity contribution is 9.11. The van der Waals surface area contributed by atoms with E-state index in [1.54, 1.807) is 18.4 Å². The number of nitrogens with zero attached hydrogens (tertiary/aromatic N) is 4. The Balaban J connectivity index is 1.99. The lowest BCUT2D eigenvalue weighted by Gasteiger charge is -2.13. The molecule has 0 radical (unpaired) electrons. The van der Waals surface area contributed by atoms with Gasteiger partial charge in [-0.3, -0.25) is 0 Å². The van der Waals surface area contributed by atoms with Gasteiger partial charge in [-0.1, -0.05) is 0 Å². The van der Waals surface area contributed by atoms with Crippen molar-refractivity contribution in [3.63, 3.8) is 0 Å². The highest BCUT2D eigenvalue weighted by Crippen LogP contribution is 2.22. The van der Waals surface area contributed by atoms with Crippen molar-refractivity contribution in [2.24, 2.45) is 0 Å². The van der Waals surface area contributed by atoms with E-state index in [2.05, 4.69) is 53.6 Å². The topological polar surface area (TPSA) is 66.0 Å². The zero-order valence-electron chi connectivity index (χ0n) is 11.6. The maximum Gasteiger partial charge on any atom is 0.231 e. The van der Waals surface area contributed by atoms with Crippen LogP contribution in [0.5, 0.6) is 0 Å². The second kappa shape index (κ2) is 6.85. The van der Waals surface area contributed by atoms with Gasteiger partial charge in [0.25, 0.3) is 0 Å². The van der Waals surface area contributed by atoms with E-state index in [1.807, 2.05) is 19.0 Å². The Bertz CT molecular complexity index is 571. The number of nitrogens with one attached hydrogen (secondary N) is 2. The number of hydrogen-bond acceptors (Lipinski definition) is 7. The summed E-state index contributed by atoms with van der Waals surface area (Å²) in [5, 5.41) is 6.18. The second-order valence-electron chi connectivity index (χ2n) is 4.31.